The number of hydrogen-bond donors (Lipinski definition) is 1. The first-order valence-electron chi connectivity index (χ1n) is 7.32. The van der Waals surface area contributed by atoms with Gasteiger partial charge in [0.05, 0.1) is 19.3 Å². The molecular weight excluding hydrogens is 228 g/mol. The first kappa shape index (κ1) is 15.9. The van der Waals surface area contributed by atoms with E-state index in [0.29, 0.717) is 12.0 Å². The Balaban J connectivity index is 2.35. The maximum absolute atomic E-state index is 9.07. The number of nitrogens with zero attached hydrogens (tertiary/aromatic N) is 2. The topological polar surface area (TPSA) is 35.9 Å². The van der Waals surface area contributed by atoms with E-state index >= 15 is 0 Å². The smallest absolute Gasteiger partial charge is 0.0829 e. The molecule has 4 heteroatoms. The van der Waals surface area contributed by atoms with Crippen LogP contribution in [-0.2, 0) is 4.74 Å². The average molecular weight is 258 g/mol. The van der Waals surface area contributed by atoms with Crippen molar-refractivity contribution < 1.29 is 9.84 Å². The largest absolute Gasteiger partial charge is 0.395 e. The Morgan fingerprint density at radius 2 is 2.17 bits per heavy atom. The van der Waals surface area contributed by atoms with E-state index in [9.17, 15) is 0 Å². The average Bonchev–Trinajstić information content (AvgIpc) is 2.29. The van der Waals surface area contributed by atoms with Gasteiger partial charge in [-0.1, -0.05) is 20.8 Å². The highest BCUT2D eigenvalue weighted by Crippen LogP contribution is 2.09. The van der Waals surface area contributed by atoms with Crippen molar-refractivity contribution in [2.24, 2.45) is 5.92 Å². The van der Waals surface area contributed by atoms with Crippen LogP contribution < -0.4 is 0 Å². The second kappa shape index (κ2) is 8.86. The molecule has 1 fully saturated rings. The molecule has 0 amide bonds. The first-order chi connectivity index (χ1) is 8.65. The molecule has 1 N–H and O–H groups in total. The predicted octanol–water partition coefficient (Wildman–Crippen LogP) is 1.05. The standard InChI is InChI=1S/C14H30N2O2/c1-4-5-15(6-8-17)11-14-12-16(7-9-18-14)10-13(2)3/h13-14,17H,4-12H2,1-3H3. The van der Waals surface area contributed by atoms with Crippen molar-refractivity contribution in [1.29, 1.82) is 0 Å². The van der Waals surface area contributed by atoms with Gasteiger partial charge in [0.15, 0.2) is 0 Å². The van der Waals surface area contributed by atoms with Crippen molar-refractivity contribution in [1.82, 2.24) is 9.80 Å². The minimum atomic E-state index is 0.239. The highest BCUT2D eigenvalue weighted by atomic mass is 16.5. The molecule has 0 bridgehead atoms. The van der Waals surface area contributed by atoms with Gasteiger partial charge < -0.3 is 9.84 Å². The number of hydrogen-bond acceptors (Lipinski definition) is 4. The zero-order chi connectivity index (χ0) is 13.4. The van der Waals surface area contributed by atoms with Crippen LogP contribution in [-0.4, -0.2) is 73.5 Å². The number of rotatable bonds is 8. The van der Waals surface area contributed by atoms with Gasteiger partial charge in [-0.15, -0.1) is 0 Å². The van der Waals surface area contributed by atoms with Gasteiger partial charge in [0.2, 0.25) is 0 Å². The van der Waals surface area contributed by atoms with Crippen molar-refractivity contribution in [3.05, 3.63) is 0 Å². The van der Waals surface area contributed by atoms with E-state index < -0.39 is 0 Å². The summed E-state index contributed by atoms with van der Waals surface area (Å²) in [4.78, 5) is 4.81. The summed E-state index contributed by atoms with van der Waals surface area (Å²) in [6.07, 6.45) is 1.43. The van der Waals surface area contributed by atoms with Crippen LogP contribution in [0.2, 0.25) is 0 Å². The Labute approximate surface area is 112 Å². The predicted molar refractivity (Wildman–Crippen MR) is 74.8 cm³/mol. The molecule has 0 spiro atoms. The summed E-state index contributed by atoms with van der Waals surface area (Å²) in [5, 5.41) is 9.07. The molecule has 1 atom stereocenters. The van der Waals surface area contributed by atoms with E-state index in [1.807, 2.05) is 0 Å². The summed E-state index contributed by atoms with van der Waals surface area (Å²) >= 11 is 0. The number of morpholine rings is 1. The first-order valence-corrected chi connectivity index (χ1v) is 7.32. The molecule has 1 unspecified atom stereocenters. The molecule has 0 aromatic heterocycles. The molecule has 0 aliphatic carbocycles. The number of aliphatic hydroxyl groups excluding tert-OH is 1. The summed E-state index contributed by atoms with van der Waals surface area (Å²) in [6.45, 7) is 13.8. The third kappa shape index (κ3) is 6.14. The molecule has 0 aromatic rings. The zero-order valence-electron chi connectivity index (χ0n) is 12.3. The molecule has 0 aromatic carbocycles. The van der Waals surface area contributed by atoms with Crippen LogP contribution >= 0.6 is 0 Å². The molecule has 18 heavy (non-hydrogen) atoms. The summed E-state index contributed by atoms with van der Waals surface area (Å²) in [7, 11) is 0. The van der Waals surface area contributed by atoms with Crippen LogP contribution in [0.25, 0.3) is 0 Å². The van der Waals surface area contributed by atoms with E-state index in [4.69, 9.17) is 9.84 Å². The van der Waals surface area contributed by atoms with E-state index in [-0.39, 0.29) is 6.61 Å². The van der Waals surface area contributed by atoms with Crippen molar-refractivity contribution in [2.45, 2.75) is 33.3 Å². The lowest BCUT2D eigenvalue weighted by Crippen LogP contribution is -2.49. The maximum Gasteiger partial charge on any atom is 0.0829 e. The fraction of sp³-hybridized carbons (Fsp3) is 1.00. The minimum Gasteiger partial charge on any atom is -0.395 e. The van der Waals surface area contributed by atoms with Crippen molar-refractivity contribution in [2.75, 3.05) is 52.5 Å². The summed E-state index contributed by atoms with van der Waals surface area (Å²) in [6, 6.07) is 0. The van der Waals surface area contributed by atoms with Gasteiger partial charge in [-0.25, -0.2) is 0 Å². The normalized spacial score (nSPS) is 22.0. The molecule has 0 radical (unpaired) electrons. The zero-order valence-corrected chi connectivity index (χ0v) is 12.3. The molecule has 1 aliphatic heterocycles. The monoisotopic (exact) mass is 258 g/mol. The van der Waals surface area contributed by atoms with Gasteiger partial charge in [-0.2, -0.15) is 0 Å². The van der Waals surface area contributed by atoms with Gasteiger partial charge in [0.1, 0.15) is 0 Å². The quantitative estimate of drug-likeness (QED) is 0.706. The fourth-order valence-corrected chi connectivity index (χ4v) is 2.61. The third-order valence-electron chi connectivity index (χ3n) is 3.26. The Hall–Kier alpha value is -0.160. The molecular formula is C14H30N2O2. The Bertz CT molecular complexity index is 206. The Morgan fingerprint density at radius 1 is 1.39 bits per heavy atom. The third-order valence-corrected chi connectivity index (χ3v) is 3.26. The van der Waals surface area contributed by atoms with Crippen LogP contribution in [0.3, 0.4) is 0 Å². The Kier molecular flexibility index (Phi) is 7.82. The molecule has 108 valence electrons. The second-order valence-electron chi connectivity index (χ2n) is 5.67. The lowest BCUT2D eigenvalue weighted by atomic mass is 10.1. The fourth-order valence-electron chi connectivity index (χ4n) is 2.61. The van der Waals surface area contributed by atoms with Crippen molar-refractivity contribution in [3.63, 3.8) is 0 Å². The van der Waals surface area contributed by atoms with Gasteiger partial charge in [0.25, 0.3) is 0 Å². The lowest BCUT2D eigenvalue weighted by Gasteiger charge is -2.36. The minimum absolute atomic E-state index is 0.239. The second-order valence-corrected chi connectivity index (χ2v) is 5.67. The molecule has 0 saturated carbocycles. The van der Waals surface area contributed by atoms with E-state index in [2.05, 4.69) is 30.6 Å². The van der Waals surface area contributed by atoms with Crippen LogP contribution in [0, 0.1) is 5.92 Å². The van der Waals surface area contributed by atoms with Crippen LogP contribution in [0.15, 0.2) is 0 Å². The highest BCUT2D eigenvalue weighted by molar-refractivity contribution is 4.75. The summed E-state index contributed by atoms with van der Waals surface area (Å²) < 4.78 is 5.85. The van der Waals surface area contributed by atoms with Gasteiger partial charge >= 0.3 is 0 Å². The molecule has 1 saturated heterocycles. The summed E-state index contributed by atoms with van der Waals surface area (Å²) in [5.41, 5.74) is 0. The molecule has 4 nitrogen and oxygen atoms in total. The van der Waals surface area contributed by atoms with E-state index in [1.165, 1.54) is 0 Å². The van der Waals surface area contributed by atoms with Crippen molar-refractivity contribution >= 4 is 0 Å². The molecule has 1 heterocycles. The van der Waals surface area contributed by atoms with Gasteiger partial charge in [-0.3, -0.25) is 9.80 Å². The van der Waals surface area contributed by atoms with E-state index in [0.717, 1.165) is 52.3 Å². The van der Waals surface area contributed by atoms with Gasteiger partial charge in [-0.05, 0) is 18.9 Å². The molecule has 1 rings (SSSR count). The van der Waals surface area contributed by atoms with E-state index in [1.54, 1.807) is 0 Å². The van der Waals surface area contributed by atoms with Crippen LogP contribution in [0.4, 0.5) is 0 Å². The SMILES string of the molecule is CCCN(CCO)CC1CN(CC(C)C)CCO1. The number of aliphatic hydroxyl groups is 1. The lowest BCUT2D eigenvalue weighted by molar-refractivity contribution is -0.0472. The van der Waals surface area contributed by atoms with Crippen LogP contribution in [0.5, 0.6) is 0 Å². The highest BCUT2D eigenvalue weighted by Gasteiger charge is 2.22. The molecule has 1 aliphatic rings. The maximum atomic E-state index is 9.07. The van der Waals surface area contributed by atoms with Gasteiger partial charge in [0, 0.05) is 32.7 Å². The number of ether oxygens (including phenoxy) is 1. The van der Waals surface area contributed by atoms with Crippen molar-refractivity contribution in [3.8, 4) is 0 Å². The van der Waals surface area contributed by atoms with Crippen LogP contribution in [0.1, 0.15) is 27.2 Å². The Morgan fingerprint density at radius 3 is 2.78 bits per heavy atom. The summed E-state index contributed by atoms with van der Waals surface area (Å²) in [5.74, 6) is 0.716.